The Morgan fingerprint density at radius 1 is 1.41 bits per heavy atom. The molecule has 0 saturated heterocycles. The van der Waals surface area contributed by atoms with Gasteiger partial charge in [-0.3, -0.25) is 4.79 Å². The number of hydrogen-bond donors (Lipinski definition) is 2. The summed E-state index contributed by atoms with van der Waals surface area (Å²) in [4.78, 5) is 10.8. The van der Waals surface area contributed by atoms with E-state index in [1.165, 1.54) is 7.11 Å². The van der Waals surface area contributed by atoms with E-state index in [1.807, 2.05) is 6.07 Å². The van der Waals surface area contributed by atoms with Crippen LogP contribution in [-0.4, -0.2) is 25.7 Å². The minimum atomic E-state index is -0.567. The summed E-state index contributed by atoms with van der Waals surface area (Å²) in [6, 6.07) is 3.97. The minimum Gasteiger partial charge on any atom is -0.493 e. The molecule has 0 bridgehead atoms. The van der Waals surface area contributed by atoms with Crippen LogP contribution in [0.5, 0.6) is 11.5 Å². The largest absolute Gasteiger partial charge is 0.493 e. The quantitative estimate of drug-likeness (QED) is 0.807. The van der Waals surface area contributed by atoms with Gasteiger partial charge in [-0.25, -0.2) is 0 Å². The fraction of sp³-hybridized carbons (Fsp3) is 0.562. The second kappa shape index (κ2) is 7.70. The molecule has 6 heteroatoms. The van der Waals surface area contributed by atoms with Crippen molar-refractivity contribution in [2.45, 2.75) is 40.3 Å². The van der Waals surface area contributed by atoms with Gasteiger partial charge in [0.25, 0.3) is 5.91 Å². The van der Waals surface area contributed by atoms with Gasteiger partial charge < -0.3 is 20.5 Å². The number of carbonyl (C=O) groups excluding carboxylic acids is 1. The number of amides is 1. The number of rotatable bonds is 7. The lowest BCUT2D eigenvalue weighted by Crippen LogP contribution is -2.37. The molecule has 1 atom stereocenters. The molecule has 1 amide bonds. The van der Waals surface area contributed by atoms with E-state index in [0.29, 0.717) is 29.1 Å². The van der Waals surface area contributed by atoms with Gasteiger partial charge in [0.05, 0.1) is 12.1 Å². The highest BCUT2D eigenvalue weighted by Crippen LogP contribution is 2.36. The first-order valence-corrected chi connectivity index (χ1v) is 7.53. The van der Waals surface area contributed by atoms with Crippen LogP contribution in [0.4, 0.5) is 0 Å². The third-order valence-electron chi connectivity index (χ3n) is 3.56. The molecule has 1 rings (SSSR count). The number of carbonyl (C=O) groups is 1. The highest BCUT2D eigenvalue weighted by Gasteiger charge is 2.20. The number of ether oxygens (including phenoxy) is 2. The van der Waals surface area contributed by atoms with Gasteiger partial charge in [-0.2, -0.15) is 0 Å². The SMILES string of the molecule is COc1cc(CNC(C)C(C)(C)C)cc(Cl)c1OCC(N)=O. The Morgan fingerprint density at radius 2 is 2.05 bits per heavy atom. The Hall–Kier alpha value is -1.46. The topological polar surface area (TPSA) is 73.6 Å². The first-order chi connectivity index (χ1) is 10.1. The molecule has 0 heterocycles. The predicted molar refractivity (Wildman–Crippen MR) is 88.5 cm³/mol. The van der Waals surface area contributed by atoms with Crippen LogP contribution in [0.15, 0.2) is 12.1 Å². The average Bonchev–Trinajstić information content (AvgIpc) is 2.41. The van der Waals surface area contributed by atoms with Crippen molar-refractivity contribution < 1.29 is 14.3 Å². The van der Waals surface area contributed by atoms with E-state index in [-0.39, 0.29) is 12.0 Å². The fourth-order valence-corrected chi connectivity index (χ4v) is 2.02. The number of benzene rings is 1. The molecule has 22 heavy (non-hydrogen) atoms. The van der Waals surface area contributed by atoms with Crippen molar-refractivity contribution in [2.75, 3.05) is 13.7 Å². The number of halogens is 1. The molecule has 0 aliphatic heterocycles. The maximum absolute atomic E-state index is 10.8. The molecule has 0 spiro atoms. The summed E-state index contributed by atoms with van der Waals surface area (Å²) in [5.41, 5.74) is 6.22. The molecular weight excluding hydrogens is 304 g/mol. The highest BCUT2D eigenvalue weighted by molar-refractivity contribution is 6.32. The van der Waals surface area contributed by atoms with Crippen molar-refractivity contribution in [1.29, 1.82) is 0 Å². The molecule has 3 N–H and O–H groups in total. The van der Waals surface area contributed by atoms with Gasteiger partial charge in [0.15, 0.2) is 18.1 Å². The Balaban J connectivity index is 2.86. The summed E-state index contributed by atoms with van der Waals surface area (Å²) in [5.74, 6) is 0.243. The van der Waals surface area contributed by atoms with Gasteiger partial charge in [-0.1, -0.05) is 32.4 Å². The molecule has 1 unspecified atom stereocenters. The fourth-order valence-electron chi connectivity index (χ4n) is 1.74. The summed E-state index contributed by atoms with van der Waals surface area (Å²) in [7, 11) is 1.53. The highest BCUT2D eigenvalue weighted by atomic mass is 35.5. The maximum Gasteiger partial charge on any atom is 0.255 e. The number of nitrogens with two attached hydrogens (primary N) is 1. The number of hydrogen-bond acceptors (Lipinski definition) is 4. The van der Waals surface area contributed by atoms with Gasteiger partial charge in [-0.05, 0) is 30.0 Å². The summed E-state index contributed by atoms with van der Waals surface area (Å²) < 4.78 is 10.6. The number of primary amides is 1. The van der Waals surface area contributed by atoms with E-state index in [9.17, 15) is 4.79 Å². The molecule has 124 valence electrons. The van der Waals surface area contributed by atoms with Crippen LogP contribution in [0.25, 0.3) is 0 Å². The molecule has 1 aromatic rings. The van der Waals surface area contributed by atoms with Crippen LogP contribution in [0.1, 0.15) is 33.3 Å². The molecule has 0 radical (unpaired) electrons. The van der Waals surface area contributed by atoms with Crippen molar-refractivity contribution >= 4 is 17.5 Å². The normalized spacial score (nSPS) is 12.8. The number of nitrogens with one attached hydrogen (secondary N) is 1. The lowest BCUT2D eigenvalue weighted by molar-refractivity contribution is -0.119. The zero-order valence-electron chi connectivity index (χ0n) is 13.8. The van der Waals surface area contributed by atoms with E-state index in [0.717, 1.165) is 5.56 Å². The lowest BCUT2D eigenvalue weighted by atomic mass is 9.88. The van der Waals surface area contributed by atoms with Crippen LogP contribution >= 0.6 is 11.6 Å². The van der Waals surface area contributed by atoms with Crippen LogP contribution < -0.4 is 20.5 Å². The summed E-state index contributed by atoms with van der Waals surface area (Å²) >= 11 is 6.22. The van der Waals surface area contributed by atoms with E-state index >= 15 is 0 Å². The first kappa shape index (κ1) is 18.6. The monoisotopic (exact) mass is 328 g/mol. The third-order valence-corrected chi connectivity index (χ3v) is 3.84. The molecule has 0 aliphatic carbocycles. The Labute approximate surface area is 137 Å². The molecular formula is C16H25ClN2O3. The Bertz CT molecular complexity index is 527. The molecule has 0 aliphatic rings. The average molecular weight is 329 g/mol. The Morgan fingerprint density at radius 3 is 2.55 bits per heavy atom. The van der Waals surface area contributed by atoms with Crippen molar-refractivity contribution in [3.05, 3.63) is 22.7 Å². The van der Waals surface area contributed by atoms with Crippen molar-refractivity contribution in [3.63, 3.8) is 0 Å². The second-order valence-corrected chi connectivity index (χ2v) is 6.74. The van der Waals surface area contributed by atoms with Crippen LogP contribution in [-0.2, 0) is 11.3 Å². The molecule has 0 aromatic heterocycles. The summed E-state index contributed by atoms with van der Waals surface area (Å²) in [6.07, 6.45) is 0. The molecule has 1 aromatic carbocycles. The molecule has 0 saturated carbocycles. The van der Waals surface area contributed by atoms with Gasteiger partial charge in [0.1, 0.15) is 0 Å². The lowest BCUT2D eigenvalue weighted by Gasteiger charge is -2.28. The van der Waals surface area contributed by atoms with E-state index in [2.05, 4.69) is 33.0 Å². The smallest absolute Gasteiger partial charge is 0.255 e. The second-order valence-electron chi connectivity index (χ2n) is 6.33. The van der Waals surface area contributed by atoms with Crippen LogP contribution in [0.2, 0.25) is 5.02 Å². The first-order valence-electron chi connectivity index (χ1n) is 7.16. The zero-order valence-corrected chi connectivity index (χ0v) is 14.6. The van der Waals surface area contributed by atoms with E-state index < -0.39 is 5.91 Å². The standard InChI is InChI=1S/C16H25ClN2O3/c1-10(16(2,3)4)19-8-11-6-12(17)15(13(7-11)21-5)22-9-14(18)20/h6-7,10,19H,8-9H2,1-5H3,(H2,18,20). The molecule has 5 nitrogen and oxygen atoms in total. The Kier molecular flexibility index (Phi) is 6.50. The van der Waals surface area contributed by atoms with Gasteiger partial charge in [-0.15, -0.1) is 0 Å². The maximum atomic E-state index is 10.8. The van der Waals surface area contributed by atoms with Crippen LogP contribution in [0.3, 0.4) is 0 Å². The van der Waals surface area contributed by atoms with E-state index in [1.54, 1.807) is 6.07 Å². The third kappa shape index (κ3) is 5.39. The summed E-state index contributed by atoms with van der Waals surface area (Å²) in [5, 5.41) is 3.85. The predicted octanol–water partition coefficient (Wildman–Crippen LogP) is 2.74. The summed E-state index contributed by atoms with van der Waals surface area (Å²) in [6.45, 7) is 9.10. The minimum absolute atomic E-state index is 0.165. The van der Waals surface area contributed by atoms with Crippen molar-refractivity contribution in [2.24, 2.45) is 11.1 Å². The van der Waals surface area contributed by atoms with Crippen LogP contribution in [0, 0.1) is 5.41 Å². The van der Waals surface area contributed by atoms with Gasteiger partial charge in [0, 0.05) is 12.6 Å². The number of methoxy groups -OCH3 is 1. The van der Waals surface area contributed by atoms with Gasteiger partial charge >= 0.3 is 0 Å². The molecule has 0 fully saturated rings. The van der Waals surface area contributed by atoms with Gasteiger partial charge in [0.2, 0.25) is 0 Å². The zero-order chi connectivity index (χ0) is 16.9. The van der Waals surface area contributed by atoms with E-state index in [4.69, 9.17) is 26.8 Å². The van der Waals surface area contributed by atoms with Crippen molar-refractivity contribution in [3.8, 4) is 11.5 Å². The van der Waals surface area contributed by atoms with Crippen molar-refractivity contribution in [1.82, 2.24) is 5.32 Å².